The van der Waals surface area contributed by atoms with Gasteiger partial charge >= 0.3 is 0 Å². The summed E-state index contributed by atoms with van der Waals surface area (Å²) in [6.07, 6.45) is 2.44. The number of halogens is 1. The van der Waals surface area contributed by atoms with E-state index in [1.54, 1.807) is 31.2 Å². The summed E-state index contributed by atoms with van der Waals surface area (Å²) < 4.78 is 28.1. The van der Waals surface area contributed by atoms with E-state index in [-0.39, 0.29) is 20.1 Å². The van der Waals surface area contributed by atoms with E-state index in [1.807, 2.05) is 24.3 Å². The van der Waals surface area contributed by atoms with Gasteiger partial charge in [-0.25, -0.2) is 13.1 Å². The van der Waals surface area contributed by atoms with Crippen molar-refractivity contribution in [3.63, 3.8) is 0 Å². The highest BCUT2D eigenvalue weighted by Crippen LogP contribution is 2.27. The molecule has 0 bridgehead atoms. The van der Waals surface area contributed by atoms with Gasteiger partial charge in [0.1, 0.15) is 0 Å². The van der Waals surface area contributed by atoms with Crippen LogP contribution in [0.25, 0.3) is 0 Å². The maximum absolute atomic E-state index is 12.8. The molecule has 2 N–H and O–H groups in total. The molecule has 0 aliphatic carbocycles. The topological polar surface area (TPSA) is 104 Å². The molecule has 1 amide bonds. The van der Waals surface area contributed by atoms with Gasteiger partial charge in [0.25, 0.3) is 15.9 Å². The average Bonchev–Trinajstić information content (AvgIpc) is 3.29. The molecule has 8 nitrogen and oxygen atoms in total. The van der Waals surface area contributed by atoms with E-state index in [2.05, 4.69) is 32.1 Å². The first-order valence-corrected chi connectivity index (χ1v) is 13.7. The Morgan fingerprint density at radius 3 is 2.62 bits per heavy atom. The molecule has 0 unspecified atom stereocenters. The zero-order valence-corrected chi connectivity index (χ0v) is 21.3. The summed E-state index contributed by atoms with van der Waals surface area (Å²) in [6.45, 7) is 6.11. The van der Waals surface area contributed by atoms with Crippen molar-refractivity contribution in [3.8, 4) is 0 Å². The number of nitrogens with one attached hydrogen (secondary N) is 2. The maximum atomic E-state index is 12.8. The second-order valence-electron chi connectivity index (χ2n) is 8.44. The number of hydrogen-bond acceptors (Lipinski definition) is 7. The van der Waals surface area contributed by atoms with Crippen LogP contribution in [0.2, 0.25) is 5.02 Å². The number of hydrogen-bond donors (Lipinski definition) is 2. The van der Waals surface area contributed by atoms with Gasteiger partial charge in [0.2, 0.25) is 9.47 Å². The van der Waals surface area contributed by atoms with Gasteiger partial charge in [0.05, 0.1) is 10.6 Å². The Morgan fingerprint density at radius 2 is 1.91 bits per heavy atom. The van der Waals surface area contributed by atoms with Crippen molar-refractivity contribution < 1.29 is 13.2 Å². The summed E-state index contributed by atoms with van der Waals surface area (Å²) in [7, 11) is -3.93. The Bertz CT molecular complexity index is 1260. The van der Waals surface area contributed by atoms with Crippen molar-refractivity contribution in [2.24, 2.45) is 5.92 Å². The number of carbonyl (C=O) groups is 1. The molecule has 1 aliphatic rings. The van der Waals surface area contributed by atoms with Crippen LogP contribution in [0, 0.1) is 5.92 Å². The molecule has 0 saturated carbocycles. The molecule has 2 heterocycles. The third-order valence-electron chi connectivity index (χ3n) is 5.72. The third kappa shape index (κ3) is 5.75. The monoisotopic (exact) mass is 519 g/mol. The zero-order valence-electron chi connectivity index (χ0n) is 18.9. The standard InChI is InChI=1S/C23H26ClN5O3S2/c1-15-6-5-13-29(14-15)18-11-9-17(10-12-18)16(2)28-34(31,32)23-27-26-22(33-23)25-21(30)19-7-3-4-8-20(19)24/h3-4,7-12,15-16,28H,5-6,13-14H2,1-2H3,(H,25,26,30)/t15-,16-/m1/s1. The number of benzene rings is 2. The molecule has 2 aromatic carbocycles. The minimum atomic E-state index is -3.93. The number of nitrogens with zero attached hydrogens (tertiary/aromatic N) is 3. The normalized spacial score (nSPS) is 17.4. The summed E-state index contributed by atoms with van der Waals surface area (Å²) in [5.74, 6) is 0.181. The fraction of sp³-hybridized carbons (Fsp3) is 0.348. The molecule has 180 valence electrons. The van der Waals surface area contributed by atoms with E-state index < -0.39 is 22.0 Å². The van der Waals surface area contributed by atoms with Crippen LogP contribution in [0.15, 0.2) is 52.9 Å². The summed E-state index contributed by atoms with van der Waals surface area (Å²) in [6, 6.07) is 14.0. The van der Waals surface area contributed by atoms with Gasteiger partial charge < -0.3 is 4.90 Å². The van der Waals surface area contributed by atoms with Crippen molar-refractivity contribution in [1.82, 2.24) is 14.9 Å². The van der Waals surface area contributed by atoms with Gasteiger partial charge in [-0.3, -0.25) is 10.1 Å². The number of sulfonamides is 1. The Hall–Kier alpha value is -2.53. The molecule has 11 heteroatoms. The number of carbonyl (C=O) groups excluding carboxylic acids is 1. The zero-order chi connectivity index (χ0) is 24.3. The van der Waals surface area contributed by atoms with Crippen LogP contribution in [0.4, 0.5) is 10.8 Å². The first-order valence-electron chi connectivity index (χ1n) is 11.0. The summed E-state index contributed by atoms with van der Waals surface area (Å²) in [4.78, 5) is 14.8. The first kappa shape index (κ1) is 24.6. The lowest BCUT2D eigenvalue weighted by Crippen LogP contribution is -2.34. The number of anilines is 2. The molecule has 3 aromatic rings. The Kier molecular flexibility index (Phi) is 7.51. The summed E-state index contributed by atoms with van der Waals surface area (Å²) >= 11 is 6.81. The minimum Gasteiger partial charge on any atom is -0.371 e. The van der Waals surface area contributed by atoms with Crippen LogP contribution in [0.3, 0.4) is 0 Å². The minimum absolute atomic E-state index is 0.0676. The largest absolute Gasteiger partial charge is 0.371 e. The van der Waals surface area contributed by atoms with Crippen molar-refractivity contribution in [2.45, 2.75) is 37.1 Å². The van der Waals surface area contributed by atoms with Crippen molar-refractivity contribution in [3.05, 3.63) is 64.7 Å². The third-order valence-corrected chi connectivity index (χ3v) is 8.80. The fourth-order valence-electron chi connectivity index (χ4n) is 3.93. The van der Waals surface area contributed by atoms with Crippen LogP contribution in [0.1, 0.15) is 48.7 Å². The molecule has 1 saturated heterocycles. The second-order valence-corrected chi connectivity index (χ2v) is 11.7. The summed E-state index contributed by atoms with van der Waals surface area (Å²) in [5, 5.41) is 10.4. The number of aromatic nitrogens is 2. The summed E-state index contributed by atoms with van der Waals surface area (Å²) in [5.41, 5.74) is 2.25. The molecule has 1 fully saturated rings. The molecule has 4 rings (SSSR count). The van der Waals surface area contributed by atoms with E-state index >= 15 is 0 Å². The van der Waals surface area contributed by atoms with Crippen LogP contribution < -0.4 is 14.9 Å². The molecule has 2 atom stereocenters. The number of rotatable bonds is 7. The van der Waals surface area contributed by atoms with E-state index in [1.165, 1.54) is 12.8 Å². The van der Waals surface area contributed by atoms with E-state index in [4.69, 9.17) is 11.6 Å². The van der Waals surface area contributed by atoms with Gasteiger partial charge in [0.15, 0.2) is 0 Å². The maximum Gasteiger partial charge on any atom is 0.270 e. The Morgan fingerprint density at radius 1 is 1.18 bits per heavy atom. The molecule has 0 radical (unpaired) electrons. The molecular weight excluding hydrogens is 494 g/mol. The Labute approximate surface area is 208 Å². The quantitative estimate of drug-likeness (QED) is 0.438. The van der Waals surface area contributed by atoms with E-state index in [9.17, 15) is 13.2 Å². The van der Waals surface area contributed by atoms with Gasteiger partial charge in [-0.05, 0) is 55.5 Å². The van der Waals surface area contributed by atoms with Crippen molar-refractivity contribution in [2.75, 3.05) is 23.3 Å². The predicted molar refractivity (Wildman–Crippen MR) is 135 cm³/mol. The lowest BCUT2D eigenvalue weighted by atomic mass is 9.99. The lowest BCUT2D eigenvalue weighted by molar-refractivity contribution is 0.102. The van der Waals surface area contributed by atoms with Crippen molar-refractivity contribution >= 4 is 49.7 Å². The predicted octanol–water partition coefficient (Wildman–Crippen LogP) is 4.72. The Balaban J connectivity index is 1.40. The number of piperidine rings is 1. The highest BCUT2D eigenvalue weighted by Gasteiger charge is 2.24. The SMILES string of the molecule is C[C@@H]1CCCN(c2ccc([C@@H](C)NS(=O)(=O)c3nnc(NC(=O)c4ccccc4Cl)s3)cc2)C1. The smallest absolute Gasteiger partial charge is 0.270 e. The first-order chi connectivity index (χ1) is 16.2. The van der Waals surface area contributed by atoms with Gasteiger partial charge in [0, 0.05) is 24.8 Å². The molecule has 1 aliphatic heterocycles. The average molecular weight is 520 g/mol. The van der Waals surface area contributed by atoms with Gasteiger partial charge in [-0.2, -0.15) is 0 Å². The van der Waals surface area contributed by atoms with Gasteiger partial charge in [-0.1, -0.05) is 54.1 Å². The van der Waals surface area contributed by atoms with Crippen LogP contribution in [0.5, 0.6) is 0 Å². The molecule has 0 spiro atoms. The highest BCUT2D eigenvalue weighted by atomic mass is 35.5. The molecule has 1 aromatic heterocycles. The van der Waals surface area contributed by atoms with Crippen LogP contribution in [-0.2, 0) is 10.0 Å². The van der Waals surface area contributed by atoms with Crippen molar-refractivity contribution in [1.29, 1.82) is 0 Å². The fourth-order valence-corrected chi connectivity index (χ4v) is 6.29. The number of amides is 1. The van der Waals surface area contributed by atoms with Gasteiger partial charge in [-0.15, -0.1) is 10.2 Å². The van der Waals surface area contributed by atoms with Crippen LogP contribution >= 0.6 is 22.9 Å². The highest BCUT2D eigenvalue weighted by molar-refractivity contribution is 7.91. The molecule has 34 heavy (non-hydrogen) atoms. The van der Waals surface area contributed by atoms with E-state index in [0.29, 0.717) is 5.92 Å². The van der Waals surface area contributed by atoms with E-state index in [0.717, 1.165) is 35.7 Å². The lowest BCUT2D eigenvalue weighted by Gasteiger charge is -2.33. The molecular formula is C23H26ClN5O3S2. The second kappa shape index (κ2) is 10.4. The van der Waals surface area contributed by atoms with Crippen LogP contribution in [-0.4, -0.2) is 37.6 Å².